The summed E-state index contributed by atoms with van der Waals surface area (Å²) >= 11 is 0. The van der Waals surface area contributed by atoms with E-state index in [1.807, 2.05) is 25.3 Å². The second-order valence-electron chi connectivity index (χ2n) is 5.12. The number of pyridine rings is 1. The van der Waals surface area contributed by atoms with Crippen LogP contribution < -0.4 is 5.32 Å². The van der Waals surface area contributed by atoms with Gasteiger partial charge >= 0.3 is 5.97 Å². The van der Waals surface area contributed by atoms with Crippen LogP contribution >= 0.6 is 0 Å². The first-order valence-electron chi connectivity index (χ1n) is 7.02. The fraction of sp³-hybridized carbons (Fsp3) is 0.118. The van der Waals surface area contributed by atoms with Gasteiger partial charge in [-0.05, 0) is 42.8 Å². The smallest absolute Gasteiger partial charge is 0.337 e. The maximum Gasteiger partial charge on any atom is 0.337 e. The van der Waals surface area contributed by atoms with Crippen LogP contribution in [0.2, 0.25) is 0 Å². The van der Waals surface area contributed by atoms with E-state index in [1.165, 1.54) is 7.11 Å². The monoisotopic (exact) mass is 309 g/mol. The number of carbonyl (C=O) groups excluding carboxylic acids is 2. The summed E-state index contributed by atoms with van der Waals surface area (Å²) in [5.74, 6) is -0.794. The molecule has 6 heteroatoms. The quantitative estimate of drug-likeness (QED) is 0.755. The Bertz CT molecular complexity index is 899. The van der Waals surface area contributed by atoms with Crippen LogP contribution in [0.15, 0.2) is 48.8 Å². The molecule has 2 aromatic heterocycles. The Morgan fingerprint density at radius 1 is 1.22 bits per heavy atom. The van der Waals surface area contributed by atoms with E-state index in [9.17, 15) is 9.59 Å². The van der Waals surface area contributed by atoms with E-state index in [4.69, 9.17) is 0 Å². The van der Waals surface area contributed by atoms with Crippen molar-refractivity contribution in [3.05, 3.63) is 65.6 Å². The first kappa shape index (κ1) is 14.8. The minimum absolute atomic E-state index is 0.305. The zero-order valence-electron chi connectivity index (χ0n) is 12.7. The lowest BCUT2D eigenvalue weighted by molar-refractivity contribution is 0.0600. The first-order chi connectivity index (χ1) is 11.1. The molecule has 0 aliphatic rings. The van der Waals surface area contributed by atoms with Gasteiger partial charge in [-0.1, -0.05) is 6.07 Å². The number of anilines is 1. The average molecular weight is 309 g/mol. The van der Waals surface area contributed by atoms with Gasteiger partial charge in [0.05, 0.1) is 12.7 Å². The number of rotatable bonds is 3. The number of amides is 1. The van der Waals surface area contributed by atoms with Gasteiger partial charge < -0.3 is 14.5 Å². The van der Waals surface area contributed by atoms with Crippen molar-refractivity contribution in [1.82, 2.24) is 9.38 Å². The number of methoxy groups -OCH3 is 1. The molecule has 0 unspecified atom stereocenters. The third-order valence-electron chi connectivity index (χ3n) is 3.39. The number of carbonyl (C=O) groups is 2. The number of aryl methyl sites for hydroxylation is 1. The highest BCUT2D eigenvalue weighted by Gasteiger charge is 2.12. The van der Waals surface area contributed by atoms with E-state index in [0.717, 1.165) is 5.56 Å². The highest BCUT2D eigenvalue weighted by atomic mass is 16.5. The molecule has 0 radical (unpaired) electrons. The SMILES string of the molecule is COC(=O)c1cccc(NC(=O)c2cn3ccc(C)cc3n2)c1. The van der Waals surface area contributed by atoms with Crippen LogP contribution in [0.1, 0.15) is 26.4 Å². The maximum atomic E-state index is 12.3. The number of aromatic nitrogens is 2. The van der Waals surface area contributed by atoms with Gasteiger partial charge in [0.2, 0.25) is 0 Å². The number of nitrogens with zero attached hydrogens (tertiary/aromatic N) is 2. The molecule has 0 aliphatic carbocycles. The summed E-state index contributed by atoms with van der Waals surface area (Å²) in [5, 5.41) is 2.73. The van der Waals surface area contributed by atoms with Gasteiger partial charge in [-0.3, -0.25) is 4.79 Å². The predicted octanol–water partition coefficient (Wildman–Crippen LogP) is 2.68. The Kier molecular flexibility index (Phi) is 3.80. The number of hydrogen-bond acceptors (Lipinski definition) is 4. The summed E-state index contributed by atoms with van der Waals surface area (Å²) in [4.78, 5) is 28.1. The molecule has 0 atom stereocenters. The van der Waals surface area contributed by atoms with Crippen LogP contribution in [0.4, 0.5) is 5.69 Å². The summed E-state index contributed by atoms with van der Waals surface area (Å²) in [6.07, 6.45) is 3.51. The fourth-order valence-electron chi connectivity index (χ4n) is 2.23. The normalized spacial score (nSPS) is 10.5. The molecule has 3 rings (SSSR count). The minimum atomic E-state index is -0.454. The van der Waals surface area contributed by atoms with E-state index in [0.29, 0.717) is 22.6 Å². The van der Waals surface area contributed by atoms with Crippen molar-refractivity contribution in [3.8, 4) is 0 Å². The Morgan fingerprint density at radius 3 is 2.83 bits per heavy atom. The molecule has 0 saturated heterocycles. The van der Waals surface area contributed by atoms with Crippen LogP contribution in [0.3, 0.4) is 0 Å². The van der Waals surface area contributed by atoms with Crippen LogP contribution in [-0.2, 0) is 4.74 Å². The second-order valence-corrected chi connectivity index (χ2v) is 5.12. The summed E-state index contributed by atoms with van der Waals surface area (Å²) in [6, 6.07) is 10.4. The van der Waals surface area contributed by atoms with E-state index < -0.39 is 5.97 Å². The predicted molar refractivity (Wildman–Crippen MR) is 85.7 cm³/mol. The lowest BCUT2D eigenvalue weighted by atomic mass is 10.2. The Balaban J connectivity index is 1.84. The van der Waals surface area contributed by atoms with E-state index >= 15 is 0 Å². The van der Waals surface area contributed by atoms with Crippen molar-refractivity contribution >= 4 is 23.2 Å². The molecule has 3 aromatic rings. The number of hydrogen-bond donors (Lipinski definition) is 1. The fourth-order valence-corrected chi connectivity index (χ4v) is 2.23. The molecule has 1 amide bonds. The van der Waals surface area contributed by atoms with Crippen molar-refractivity contribution < 1.29 is 14.3 Å². The number of ether oxygens (including phenoxy) is 1. The number of imidazole rings is 1. The van der Waals surface area contributed by atoms with Gasteiger partial charge in [0.1, 0.15) is 11.3 Å². The molecule has 23 heavy (non-hydrogen) atoms. The summed E-state index contributed by atoms with van der Waals surface area (Å²) < 4.78 is 6.45. The van der Waals surface area contributed by atoms with Crippen molar-refractivity contribution in [2.75, 3.05) is 12.4 Å². The Hall–Kier alpha value is -3.15. The molecule has 2 heterocycles. The van der Waals surface area contributed by atoms with Crippen molar-refractivity contribution in [3.63, 3.8) is 0 Å². The highest BCUT2D eigenvalue weighted by molar-refractivity contribution is 6.03. The second kappa shape index (κ2) is 5.92. The average Bonchev–Trinajstić information content (AvgIpc) is 2.97. The number of nitrogens with one attached hydrogen (secondary N) is 1. The van der Waals surface area contributed by atoms with Crippen molar-refractivity contribution in [1.29, 1.82) is 0 Å². The van der Waals surface area contributed by atoms with Gasteiger partial charge in [0.25, 0.3) is 5.91 Å². The largest absolute Gasteiger partial charge is 0.465 e. The Labute approximate surface area is 132 Å². The summed E-state index contributed by atoms with van der Waals surface area (Å²) in [5.41, 5.74) is 2.96. The van der Waals surface area contributed by atoms with E-state index in [2.05, 4.69) is 15.0 Å². The van der Waals surface area contributed by atoms with Gasteiger partial charge in [-0.25, -0.2) is 9.78 Å². The summed E-state index contributed by atoms with van der Waals surface area (Å²) in [7, 11) is 1.31. The molecule has 0 aliphatic heterocycles. The van der Waals surface area contributed by atoms with Crippen LogP contribution in [0.5, 0.6) is 0 Å². The molecular formula is C17H15N3O3. The number of fused-ring (bicyclic) bond motifs is 1. The van der Waals surface area contributed by atoms with Gasteiger partial charge in [0, 0.05) is 18.1 Å². The van der Waals surface area contributed by atoms with Gasteiger partial charge in [-0.2, -0.15) is 0 Å². The maximum absolute atomic E-state index is 12.3. The molecule has 0 saturated carbocycles. The first-order valence-corrected chi connectivity index (χ1v) is 7.02. The van der Waals surface area contributed by atoms with Gasteiger partial charge in [0.15, 0.2) is 0 Å². The third kappa shape index (κ3) is 3.06. The zero-order chi connectivity index (χ0) is 16.4. The standard InChI is InChI=1S/C17H15N3O3/c1-11-6-7-20-10-14(19-15(20)8-11)16(21)18-13-5-3-4-12(9-13)17(22)23-2/h3-10H,1-2H3,(H,18,21). The van der Waals surface area contributed by atoms with Crippen molar-refractivity contribution in [2.24, 2.45) is 0 Å². The molecular weight excluding hydrogens is 294 g/mol. The Morgan fingerprint density at radius 2 is 2.04 bits per heavy atom. The molecule has 1 N–H and O–H groups in total. The molecule has 1 aromatic carbocycles. The highest BCUT2D eigenvalue weighted by Crippen LogP contribution is 2.14. The van der Waals surface area contributed by atoms with E-state index in [1.54, 1.807) is 34.9 Å². The topological polar surface area (TPSA) is 72.7 Å². The molecule has 6 nitrogen and oxygen atoms in total. The van der Waals surface area contributed by atoms with Gasteiger partial charge in [-0.15, -0.1) is 0 Å². The number of esters is 1. The lowest BCUT2D eigenvalue weighted by Crippen LogP contribution is -2.13. The van der Waals surface area contributed by atoms with E-state index in [-0.39, 0.29) is 5.91 Å². The van der Waals surface area contributed by atoms with Crippen molar-refractivity contribution in [2.45, 2.75) is 6.92 Å². The molecule has 0 spiro atoms. The minimum Gasteiger partial charge on any atom is -0.465 e. The van der Waals surface area contributed by atoms with Crippen LogP contribution in [-0.4, -0.2) is 28.4 Å². The molecule has 0 fully saturated rings. The lowest BCUT2D eigenvalue weighted by Gasteiger charge is -2.05. The van der Waals surface area contributed by atoms with Crippen LogP contribution in [0.25, 0.3) is 5.65 Å². The molecule has 0 bridgehead atoms. The summed E-state index contributed by atoms with van der Waals surface area (Å²) in [6.45, 7) is 1.97. The zero-order valence-corrected chi connectivity index (χ0v) is 12.7. The molecule has 116 valence electrons. The third-order valence-corrected chi connectivity index (χ3v) is 3.39. The van der Waals surface area contributed by atoms with Crippen LogP contribution in [0, 0.1) is 6.92 Å². The number of benzene rings is 1.